The van der Waals surface area contributed by atoms with E-state index >= 15 is 0 Å². The van der Waals surface area contributed by atoms with Crippen molar-refractivity contribution >= 4 is 5.69 Å². The zero-order valence-electron chi connectivity index (χ0n) is 12.7. The van der Waals surface area contributed by atoms with E-state index in [1.807, 2.05) is 0 Å². The zero-order valence-corrected chi connectivity index (χ0v) is 12.7. The number of nitrogens with one attached hydrogen (secondary N) is 1. The molecule has 2 unspecified atom stereocenters. The molecule has 1 saturated carbocycles. The van der Waals surface area contributed by atoms with Crippen molar-refractivity contribution < 1.29 is 0 Å². The Morgan fingerprint density at radius 2 is 1.62 bits per heavy atom. The largest absolute Gasteiger partial charge is 0.378 e. The van der Waals surface area contributed by atoms with E-state index in [9.17, 15) is 0 Å². The van der Waals surface area contributed by atoms with E-state index < -0.39 is 0 Å². The Labute approximate surface area is 127 Å². The summed E-state index contributed by atoms with van der Waals surface area (Å²) in [6, 6.07) is 19.9. The number of hydrogen-bond acceptors (Lipinski definition) is 1. The van der Waals surface area contributed by atoms with Gasteiger partial charge >= 0.3 is 0 Å². The van der Waals surface area contributed by atoms with Crippen LogP contribution in [-0.4, -0.2) is 5.54 Å². The van der Waals surface area contributed by atoms with Crippen molar-refractivity contribution in [2.24, 2.45) is 0 Å². The first-order chi connectivity index (χ1) is 10.2. The van der Waals surface area contributed by atoms with Gasteiger partial charge in [-0.1, -0.05) is 68.3 Å². The first-order valence-electron chi connectivity index (χ1n) is 8.15. The third-order valence-corrected chi connectivity index (χ3v) is 5.83. The fourth-order valence-electron chi connectivity index (χ4n) is 4.62. The van der Waals surface area contributed by atoms with Gasteiger partial charge in [-0.3, -0.25) is 0 Å². The van der Waals surface area contributed by atoms with Gasteiger partial charge in [0.1, 0.15) is 0 Å². The molecule has 1 heteroatoms. The predicted molar refractivity (Wildman–Crippen MR) is 88.8 cm³/mol. The molecule has 108 valence electrons. The molecule has 1 aliphatic carbocycles. The van der Waals surface area contributed by atoms with Crippen LogP contribution in [0.1, 0.15) is 43.7 Å². The standard InChI is InChI=1S/C20H23N/c1-19-13-7-8-14-20(19,15-16-9-3-2-4-10-16)21-18-12-6-5-11-17(18)19/h2-6,9-12,21H,7-8,13-15H2,1H3. The summed E-state index contributed by atoms with van der Waals surface area (Å²) in [7, 11) is 0. The maximum atomic E-state index is 3.94. The van der Waals surface area contributed by atoms with E-state index in [0.717, 1.165) is 6.42 Å². The molecule has 2 atom stereocenters. The van der Waals surface area contributed by atoms with Crippen LogP contribution in [0.15, 0.2) is 54.6 Å². The molecule has 1 fully saturated rings. The molecule has 1 aliphatic heterocycles. The maximum absolute atomic E-state index is 3.94. The molecule has 2 aromatic rings. The van der Waals surface area contributed by atoms with E-state index in [-0.39, 0.29) is 11.0 Å². The maximum Gasteiger partial charge on any atom is 0.0508 e. The fourth-order valence-corrected chi connectivity index (χ4v) is 4.62. The predicted octanol–water partition coefficient (Wildman–Crippen LogP) is 4.93. The van der Waals surface area contributed by atoms with Crippen molar-refractivity contribution in [3.8, 4) is 0 Å². The molecule has 2 aliphatic rings. The highest BCUT2D eigenvalue weighted by molar-refractivity contribution is 5.65. The van der Waals surface area contributed by atoms with E-state index in [2.05, 4.69) is 66.8 Å². The second-order valence-electron chi connectivity index (χ2n) is 6.95. The first kappa shape index (κ1) is 12.9. The summed E-state index contributed by atoms with van der Waals surface area (Å²) < 4.78 is 0. The van der Waals surface area contributed by atoms with Crippen LogP contribution < -0.4 is 5.32 Å². The first-order valence-corrected chi connectivity index (χ1v) is 8.15. The van der Waals surface area contributed by atoms with Crippen LogP contribution in [0.4, 0.5) is 5.69 Å². The smallest absolute Gasteiger partial charge is 0.0508 e. The summed E-state index contributed by atoms with van der Waals surface area (Å²) in [4.78, 5) is 0. The number of anilines is 1. The topological polar surface area (TPSA) is 12.0 Å². The van der Waals surface area contributed by atoms with E-state index in [0.29, 0.717) is 0 Å². The number of benzene rings is 2. The molecule has 0 radical (unpaired) electrons. The number of para-hydroxylation sites is 1. The lowest BCUT2D eigenvalue weighted by molar-refractivity contribution is 0.194. The lowest BCUT2D eigenvalue weighted by Crippen LogP contribution is -2.54. The van der Waals surface area contributed by atoms with Crippen LogP contribution in [0, 0.1) is 0 Å². The van der Waals surface area contributed by atoms with Gasteiger partial charge in [0.05, 0.1) is 5.54 Å². The Morgan fingerprint density at radius 3 is 2.48 bits per heavy atom. The highest BCUT2D eigenvalue weighted by atomic mass is 15.1. The number of hydrogen-bond donors (Lipinski definition) is 1. The van der Waals surface area contributed by atoms with Gasteiger partial charge in [-0.2, -0.15) is 0 Å². The molecule has 1 N–H and O–H groups in total. The van der Waals surface area contributed by atoms with Gasteiger partial charge in [-0.15, -0.1) is 0 Å². The van der Waals surface area contributed by atoms with E-state index in [1.54, 1.807) is 0 Å². The van der Waals surface area contributed by atoms with Crippen LogP contribution in [-0.2, 0) is 11.8 Å². The third-order valence-electron chi connectivity index (χ3n) is 5.83. The number of fused-ring (bicyclic) bond motifs is 3. The summed E-state index contributed by atoms with van der Waals surface area (Å²) in [6.07, 6.45) is 6.38. The second kappa shape index (κ2) is 4.62. The van der Waals surface area contributed by atoms with Gasteiger partial charge in [0, 0.05) is 11.1 Å². The molecule has 1 heterocycles. The van der Waals surface area contributed by atoms with Gasteiger partial charge in [-0.25, -0.2) is 0 Å². The summed E-state index contributed by atoms with van der Waals surface area (Å²) in [5, 5.41) is 3.94. The molecule has 21 heavy (non-hydrogen) atoms. The number of rotatable bonds is 2. The molecular weight excluding hydrogens is 254 g/mol. The highest BCUT2D eigenvalue weighted by Gasteiger charge is 2.55. The van der Waals surface area contributed by atoms with Crippen molar-refractivity contribution in [3.63, 3.8) is 0 Å². The van der Waals surface area contributed by atoms with Gasteiger partial charge in [0.15, 0.2) is 0 Å². The van der Waals surface area contributed by atoms with Crippen molar-refractivity contribution in [3.05, 3.63) is 65.7 Å². The van der Waals surface area contributed by atoms with E-state index in [4.69, 9.17) is 0 Å². The summed E-state index contributed by atoms with van der Waals surface area (Å²) >= 11 is 0. The molecule has 0 bridgehead atoms. The molecule has 0 amide bonds. The molecule has 0 saturated heterocycles. The van der Waals surface area contributed by atoms with Gasteiger partial charge < -0.3 is 5.32 Å². The molecule has 2 aromatic carbocycles. The minimum atomic E-state index is 0.191. The van der Waals surface area contributed by atoms with Crippen LogP contribution in [0.2, 0.25) is 0 Å². The Balaban J connectivity index is 1.79. The summed E-state index contributed by atoms with van der Waals surface area (Å²) in [5.74, 6) is 0. The zero-order chi connectivity index (χ0) is 14.3. The third kappa shape index (κ3) is 1.83. The lowest BCUT2D eigenvalue weighted by Gasteiger charge is -2.48. The Hall–Kier alpha value is -1.76. The van der Waals surface area contributed by atoms with Crippen LogP contribution in [0.5, 0.6) is 0 Å². The fraction of sp³-hybridized carbons (Fsp3) is 0.400. The summed E-state index contributed by atoms with van der Waals surface area (Å²) in [5.41, 5.74) is 4.79. The lowest BCUT2D eigenvalue weighted by atomic mass is 9.59. The minimum Gasteiger partial charge on any atom is -0.378 e. The monoisotopic (exact) mass is 277 g/mol. The quantitative estimate of drug-likeness (QED) is 0.821. The Morgan fingerprint density at radius 1 is 0.905 bits per heavy atom. The molecule has 1 nitrogen and oxygen atoms in total. The average Bonchev–Trinajstić information content (AvgIpc) is 2.77. The molecule has 0 spiro atoms. The van der Waals surface area contributed by atoms with Gasteiger partial charge in [0.25, 0.3) is 0 Å². The average molecular weight is 277 g/mol. The SMILES string of the molecule is CC12CCCCC1(Cc1ccccc1)Nc1ccccc12. The van der Waals surface area contributed by atoms with E-state index in [1.165, 1.54) is 42.5 Å². The minimum absolute atomic E-state index is 0.191. The van der Waals surface area contributed by atoms with Gasteiger partial charge in [-0.05, 0) is 36.5 Å². The van der Waals surface area contributed by atoms with Crippen molar-refractivity contribution in [1.82, 2.24) is 0 Å². The van der Waals surface area contributed by atoms with Crippen molar-refractivity contribution in [1.29, 1.82) is 0 Å². The Bertz CT molecular complexity index is 648. The van der Waals surface area contributed by atoms with Crippen molar-refractivity contribution in [2.75, 3.05) is 5.32 Å². The normalized spacial score (nSPS) is 30.3. The van der Waals surface area contributed by atoms with Crippen molar-refractivity contribution in [2.45, 2.75) is 50.0 Å². The van der Waals surface area contributed by atoms with Gasteiger partial charge in [0.2, 0.25) is 0 Å². The van der Waals surface area contributed by atoms with Crippen LogP contribution in [0.3, 0.4) is 0 Å². The molecular formula is C20H23N. The molecule has 4 rings (SSSR count). The summed E-state index contributed by atoms with van der Waals surface area (Å²) in [6.45, 7) is 2.48. The highest BCUT2D eigenvalue weighted by Crippen LogP contribution is 2.56. The van der Waals surface area contributed by atoms with Crippen LogP contribution >= 0.6 is 0 Å². The van der Waals surface area contributed by atoms with Crippen LogP contribution in [0.25, 0.3) is 0 Å². The molecule has 0 aromatic heterocycles. The second-order valence-corrected chi connectivity index (χ2v) is 6.95. The Kier molecular flexibility index (Phi) is 2.85.